The van der Waals surface area contributed by atoms with Gasteiger partial charge in [0, 0.05) is 28.1 Å². The number of halogens is 1. The van der Waals surface area contributed by atoms with Crippen LogP contribution in [0.25, 0.3) is 10.1 Å². The Morgan fingerprint density at radius 1 is 1.33 bits per heavy atom. The molecule has 1 aromatic heterocycles. The lowest BCUT2D eigenvalue weighted by Crippen LogP contribution is -2.36. The molecule has 1 aliphatic rings. The van der Waals surface area contributed by atoms with Crippen LogP contribution >= 0.6 is 22.9 Å². The molecule has 0 bridgehead atoms. The van der Waals surface area contributed by atoms with Crippen molar-refractivity contribution in [2.75, 3.05) is 6.54 Å². The van der Waals surface area contributed by atoms with Gasteiger partial charge in [0.25, 0.3) is 0 Å². The third-order valence-corrected chi connectivity index (χ3v) is 5.71. The van der Waals surface area contributed by atoms with Crippen LogP contribution in [0.5, 0.6) is 0 Å². The molecule has 3 rings (SSSR count). The van der Waals surface area contributed by atoms with Gasteiger partial charge in [-0.25, -0.2) is 0 Å². The average Bonchev–Trinajstić information content (AvgIpc) is 2.65. The van der Waals surface area contributed by atoms with Crippen LogP contribution in [0.1, 0.15) is 31.1 Å². The van der Waals surface area contributed by atoms with E-state index in [-0.39, 0.29) is 0 Å². The molecule has 0 atom stereocenters. The molecule has 0 spiro atoms. The molecule has 2 aromatic rings. The summed E-state index contributed by atoms with van der Waals surface area (Å²) in [5.74, 6) is 0. The fourth-order valence-electron chi connectivity index (χ4n) is 2.61. The first-order valence-corrected chi connectivity index (χ1v) is 7.74. The van der Waals surface area contributed by atoms with Crippen molar-refractivity contribution in [3.05, 3.63) is 34.2 Å². The van der Waals surface area contributed by atoms with Crippen molar-refractivity contribution in [3.8, 4) is 0 Å². The minimum absolute atomic E-state index is 0.531. The highest BCUT2D eigenvalue weighted by atomic mass is 35.5. The van der Waals surface area contributed by atoms with Crippen LogP contribution in [0.15, 0.2) is 24.3 Å². The topological polar surface area (TPSA) is 12.0 Å². The summed E-state index contributed by atoms with van der Waals surface area (Å²) < 4.78 is 1.29. The van der Waals surface area contributed by atoms with Crippen LogP contribution in [0.4, 0.5) is 0 Å². The van der Waals surface area contributed by atoms with Crippen molar-refractivity contribution in [1.29, 1.82) is 0 Å². The summed E-state index contributed by atoms with van der Waals surface area (Å²) in [4.78, 5) is 1.26. The predicted octanol–water partition coefficient (Wildman–Crippen LogP) is 4.83. The molecule has 1 nitrogen and oxygen atoms in total. The Bertz CT molecular complexity index is 557. The van der Waals surface area contributed by atoms with Gasteiger partial charge < -0.3 is 5.32 Å². The lowest BCUT2D eigenvalue weighted by molar-refractivity contribution is 0.156. The van der Waals surface area contributed by atoms with Crippen molar-refractivity contribution in [2.45, 2.75) is 32.7 Å². The zero-order chi connectivity index (χ0) is 12.6. The van der Waals surface area contributed by atoms with Gasteiger partial charge in [0.05, 0.1) is 5.02 Å². The summed E-state index contributed by atoms with van der Waals surface area (Å²) in [6, 6.07) is 8.36. The molecule has 0 unspecified atom stereocenters. The molecule has 1 aromatic carbocycles. The van der Waals surface area contributed by atoms with Gasteiger partial charge in [-0.1, -0.05) is 43.1 Å². The van der Waals surface area contributed by atoms with Crippen molar-refractivity contribution in [2.24, 2.45) is 5.41 Å². The number of hydrogen-bond acceptors (Lipinski definition) is 2. The summed E-state index contributed by atoms with van der Waals surface area (Å²) in [5.41, 5.74) is 0.531. The van der Waals surface area contributed by atoms with Gasteiger partial charge in [-0.05, 0) is 24.3 Å². The van der Waals surface area contributed by atoms with Gasteiger partial charge in [0.15, 0.2) is 0 Å². The molecular formula is C15H18ClNS. The van der Waals surface area contributed by atoms with Gasteiger partial charge in [-0.2, -0.15) is 0 Å². The zero-order valence-electron chi connectivity index (χ0n) is 10.6. The summed E-state index contributed by atoms with van der Waals surface area (Å²) in [7, 11) is 0. The van der Waals surface area contributed by atoms with Gasteiger partial charge in [0.2, 0.25) is 0 Å². The first-order chi connectivity index (χ1) is 8.68. The normalized spacial score (nSPS) is 17.9. The van der Waals surface area contributed by atoms with Crippen molar-refractivity contribution in [1.82, 2.24) is 5.32 Å². The summed E-state index contributed by atoms with van der Waals surface area (Å²) in [6.07, 6.45) is 4.11. The lowest BCUT2D eigenvalue weighted by Gasteiger charge is -2.38. The van der Waals surface area contributed by atoms with Gasteiger partial charge in [-0.15, -0.1) is 11.3 Å². The second-order valence-electron chi connectivity index (χ2n) is 5.60. The second kappa shape index (κ2) is 4.84. The largest absolute Gasteiger partial charge is 0.311 e. The maximum Gasteiger partial charge on any atom is 0.0636 e. The molecule has 0 aliphatic heterocycles. The molecule has 1 fully saturated rings. The second-order valence-corrected chi connectivity index (χ2v) is 7.12. The van der Waals surface area contributed by atoms with Crippen LogP contribution in [-0.2, 0) is 6.54 Å². The Labute approximate surface area is 117 Å². The van der Waals surface area contributed by atoms with E-state index in [1.54, 1.807) is 11.3 Å². The smallest absolute Gasteiger partial charge is 0.0636 e. The number of fused-ring (bicyclic) bond motifs is 1. The number of benzene rings is 1. The van der Waals surface area contributed by atoms with E-state index in [4.69, 9.17) is 11.6 Å². The summed E-state index contributed by atoms with van der Waals surface area (Å²) >= 11 is 8.23. The zero-order valence-corrected chi connectivity index (χ0v) is 12.2. The molecule has 96 valence electrons. The molecule has 0 amide bonds. The number of nitrogens with one attached hydrogen (secondary N) is 1. The van der Waals surface area contributed by atoms with E-state index >= 15 is 0 Å². The Hall–Kier alpha value is -0.570. The Balaban J connectivity index is 1.69. The standard InChI is InChI=1S/C15H18ClNS/c1-15(7-4-8-15)10-17-9-13-14(16)11-5-2-3-6-12(11)18-13/h2-3,5-6,17H,4,7-10H2,1H3. The molecule has 3 heteroatoms. The molecule has 1 aliphatic carbocycles. The van der Waals surface area contributed by atoms with E-state index in [9.17, 15) is 0 Å². The Morgan fingerprint density at radius 3 is 2.78 bits per heavy atom. The molecule has 1 N–H and O–H groups in total. The van der Waals surface area contributed by atoms with Crippen molar-refractivity contribution >= 4 is 33.0 Å². The summed E-state index contributed by atoms with van der Waals surface area (Å²) in [5, 5.41) is 5.69. The summed E-state index contributed by atoms with van der Waals surface area (Å²) in [6.45, 7) is 4.38. The minimum Gasteiger partial charge on any atom is -0.311 e. The number of rotatable bonds is 4. The van der Waals surface area contributed by atoms with Crippen molar-refractivity contribution in [3.63, 3.8) is 0 Å². The third-order valence-electron chi connectivity index (χ3n) is 4.00. The van der Waals surface area contributed by atoms with E-state index in [1.165, 1.54) is 34.2 Å². The maximum atomic E-state index is 6.43. The van der Waals surface area contributed by atoms with Crippen LogP contribution < -0.4 is 5.32 Å². The van der Waals surface area contributed by atoms with Gasteiger partial charge in [0.1, 0.15) is 0 Å². The number of thiophene rings is 1. The Morgan fingerprint density at radius 2 is 2.11 bits per heavy atom. The van der Waals surface area contributed by atoms with Gasteiger partial charge in [-0.3, -0.25) is 0 Å². The number of hydrogen-bond donors (Lipinski definition) is 1. The molecular weight excluding hydrogens is 262 g/mol. The molecule has 0 saturated heterocycles. The lowest BCUT2D eigenvalue weighted by atomic mass is 9.70. The van der Waals surface area contributed by atoms with E-state index in [0.717, 1.165) is 18.1 Å². The maximum absolute atomic E-state index is 6.43. The molecule has 18 heavy (non-hydrogen) atoms. The fraction of sp³-hybridized carbons (Fsp3) is 0.467. The molecule has 1 saturated carbocycles. The van der Waals surface area contributed by atoms with Gasteiger partial charge >= 0.3 is 0 Å². The van der Waals surface area contributed by atoms with E-state index < -0.39 is 0 Å². The average molecular weight is 280 g/mol. The van der Waals surface area contributed by atoms with Crippen LogP contribution in [0.3, 0.4) is 0 Å². The third kappa shape index (κ3) is 2.29. The van der Waals surface area contributed by atoms with E-state index in [1.807, 2.05) is 6.07 Å². The highest BCUT2D eigenvalue weighted by Gasteiger charge is 2.31. The highest BCUT2D eigenvalue weighted by Crippen LogP contribution is 2.40. The first-order valence-electron chi connectivity index (χ1n) is 6.55. The van der Waals surface area contributed by atoms with E-state index in [0.29, 0.717) is 5.41 Å². The Kier molecular flexibility index (Phi) is 3.35. The van der Waals surface area contributed by atoms with E-state index in [2.05, 4.69) is 30.4 Å². The van der Waals surface area contributed by atoms with Crippen LogP contribution in [0, 0.1) is 5.41 Å². The first kappa shape index (κ1) is 12.5. The molecule has 1 heterocycles. The SMILES string of the molecule is CC1(CNCc2sc3ccccc3c2Cl)CCC1. The fourth-order valence-corrected chi connectivity index (χ4v) is 4.08. The quantitative estimate of drug-likeness (QED) is 0.845. The highest BCUT2D eigenvalue weighted by molar-refractivity contribution is 7.19. The van der Waals surface area contributed by atoms with Crippen LogP contribution in [0.2, 0.25) is 5.02 Å². The van der Waals surface area contributed by atoms with Crippen LogP contribution in [-0.4, -0.2) is 6.54 Å². The monoisotopic (exact) mass is 279 g/mol. The minimum atomic E-state index is 0.531. The van der Waals surface area contributed by atoms with Crippen molar-refractivity contribution < 1.29 is 0 Å². The predicted molar refractivity (Wildman–Crippen MR) is 80.5 cm³/mol. The molecule has 0 radical (unpaired) electrons.